The lowest BCUT2D eigenvalue weighted by Crippen LogP contribution is -2.31. The third kappa shape index (κ3) is 4.64. The van der Waals surface area contributed by atoms with Crippen LogP contribution in [0.5, 0.6) is 0 Å². The van der Waals surface area contributed by atoms with Crippen LogP contribution in [0.1, 0.15) is 11.1 Å². The van der Waals surface area contributed by atoms with E-state index in [4.69, 9.17) is 16.6 Å². The molecule has 29 heavy (non-hydrogen) atoms. The van der Waals surface area contributed by atoms with Gasteiger partial charge < -0.3 is 0 Å². The van der Waals surface area contributed by atoms with Gasteiger partial charge in [-0.15, -0.1) is 11.8 Å². The number of thiazole rings is 1. The minimum atomic E-state index is 0.0236. The Balaban J connectivity index is 1.65. The number of amides is 1. The summed E-state index contributed by atoms with van der Waals surface area (Å²) >= 11 is 9.39. The zero-order valence-electron chi connectivity index (χ0n) is 15.8. The molecule has 4 rings (SSSR count). The smallest absolute Gasteiger partial charge is 0.239 e. The Kier molecular flexibility index (Phi) is 6.19. The Morgan fingerprint density at radius 3 is 2.41 bits per heavy atom. The largest absolute Gasteiger partial charge is 0.283 e. The zero-order chi connectivity index (χ0) is 20.2. The quantitative estimate of drug-likeness (QED) is 0.318. The molecular weight excluding hydrogens is 420 g/mol. The van der Waals surface area contributed by atoms with E-state index < -0.39 is 0 Å². The van der Waals surface area contributed by atoms with Crippen LogP contribution in [0.2, 0.25) is 5.02 Å². The number of anilines is 1. The van der Waals surface area contributed by atoms with E-state index in [0.29, 0.717) is 22.5 Å². The summed E-state index contributed by atoms with van der Waals surface area (Å²) in [5.41, 5.74) is 2.98. The highest BCUT2D eigenvalue weighted by Gasteiger charge is 2.21. The van der Waals surface area contributed by atoms with Crippen molar-refractivity contribution in [3.63, 3.8) is 0 Å². The summed E-state index contributed by atoms with van der Waals surface area (Å²) in [7, 11) is 0. The first kappa shape index (κ1) is 20.0. The second kappa shape index (κ2) is 8.99. The average Bonchev–Trinajstić information content (AvgIpc) is 3.21. The lowest BCUT2D eigenvalue weighted by molar-refractivity contribution is -0.116. The minimum Gasteiger partial charge on any atom is -0.283 e. The molecule has 0 fully saturated rings. The molecule has 0 unspecified atom stereocenters. The Morgan fingerprint density at radius 2 is 1.72 bits per heavy atom. The molecule has 4 aromatic rings. The Labute approximate surface area is 183 Å². The molecule has 0 saturated carbocycles. The van der Waals surface area contributed by atoms with Crippen LogP contribution in [0.4, 0.5) is 5.13 Å². The maximum absolute atomic E-state index is 13.2. The molecule has 0 radical (unpaired) electrons. The number of benzene rings is 3. The molecule has 0 spiro atoms. The van der Waals surface area contributed by atoms with Crippen molar-refractivity contribution in [3.05, 3.63) is 88.9 Å². The van der Waals surface area contributed by atoms with Crippen molar-refractivity contribution in [2.75, 3.05) is 10.7 Å². The molecule has 0 aliphatic rings. The van der Waals surface area contributed by atoms with Crippen molar-refractivity contribution >= 4 is 56.0 Å². The highest BCUT2D eigenvalue weighted by molar-refractivity contribution is 8.00. The predicted molar refractivity (Wildman–Crippen MR) is 124 cm³/mol. The lowest BCUT2D eigenvalue weighted by atomic mass is 10.2. The number of nitrogens with zero attached hydrogens (tertiary/aromatic N) is 2. The average molecular weight is 439 g/mol. The number of fused-ring (bicyclic) bond motifs is 1. The summed E-state index contributed by atoms with van der Waals surface area (Å²) in [5.74, 6) is 0.370. The molecule has 3 aromatic carbocycles. The standard InChI is InChI=1S/C23H19ClN2OS2/c1-16-12-13-19(24)22-21(16)25-23(29-22)26(14-17-8-4-2-5-9-17)20(27)15-28-18-10-6-3-7-11-18/h2-13H,14-15H2,1H3. The number of hydrogen-bond acceptors (Lipinski definition) is 4. The third-order valence-corrected chi connectivity index (χ3v) is 7.04. The molecule has 1 amide bonds. The van der Waals surface area contributed by atoms with Crippen molar-refractivity contribution in [2.24, 2.45) is 0 Å². The van der Waals surface area contributed by atoms with Gasteiger partial charge in [0, 0.05) is 4.90 Å². The zero-order valence-corrected chi connectivity index (χ0v) is 18.2. The Bertz CT molecular complexity index is 1090. The second-order valence-corrected chi connectivity index (χ2v) is 9.04. The van der Waals surface area contributed by atoms with Crippen molar-refractivity contribution in [1.82, 2.24) is 4.98 Å². The van der Waals surface area contributed by atoms with Gasteiger partial charge in [-0.1, -0.05) is 77.5 Å². The minimum absolute atomic E-state index is 0.0236. The van der Waals surface area contributed by atoms with Gasteiger partial charge in [0.25, 0.3) is 0 Å². The van der Waals surface area contributed by atoms with E-state index in [1.54, 1.807) is 4.90 Å². The van der Waals surface area contributed by atoms with Gasteiger partial charge >= 0.3 is 0 Å². The molecule has 6 heteroatoms. The number of rotatable bonds is 6. The fraction of sp³-hybridized carbons (Fsp3) is 0.130. The summed E-state index contributed by atoms with van der Waals surface area (Å²) in [6.45, 7) is 2.49. The number of carbonyl (C=O) groups excluding carboxylic acids is 1. The monoisotopic (exact) mass is 438 g/mol. The van der Waals surface area contributed by atoms with Gasteiger partial charge in [-0.25, -0.2) is 4.98 Å². The first-order valence-electron chi connectivity index (χ1n) is 9.19. The van der Waals surface area contributed by atoms with E-state index in [9.17, 15) is 4.79 Å². The molecule has 0 aliphatic carbocycles. The maximum atomic E-state index is 13.2. The normalized spacial score (nSPS) is 11.0. The van der Waals surface area contributed by atoms with Gasteiger partial charge in [-0.2, -0.15) is 0 Å². The van der Waals surface area contributed by atoms with E-state index >= 15 is 0 Å². The van der Waals surface area contributed by atoms with E-state index in [-0.39, 0.29) is 5.91 Å². The van der Waals surface area contributed by atoms with Gasteiger partial charge in [-0.3, -0.25) is 9.69 Å². The molecule has 1 heterocycles. The lowest BCUT2D eigenvalue weighted by Gasteiger charge is -2.20. The number of halogens is 1. The topological polar surface area (TPSA) is 33.2 Å². The van der Waals surface area contributed by atoms with E-state index in [1.807, 2.05) is 79.7 Å². The van der Waals surface area contributed by atoms with Gasteiger partial charge in [0.1, 0.15) is 0 Å². The summed E-state index contributed by atoms with van der Waals surface area (Å²) in [6, 6.07) is 23.8. The number of thioether (sulfide) groups is 1. The van der Waals surface area contributed by atoms with Crippen LogP contribution < -0.4 is 4.90 Å². The van der Waals surface area contributed by atoms with E-state index in [2.05, 4.69) is 0 Å². The first-order chi connectivity index (χ1) is 14.1. The number of aromatic nitrogens is 1. The summed E-state index contributed by atoms with van der Waals surface area (Å²) < 4.78 is 0.920. The molecule has 0 saturated heterocycles. The predicted octanol–water partition coefficient (Wildman–Crippen LogP) is 6.58. The fourth-order valence-corrected chi connectivity index (χ4v) is 5.10. The van der Waals surface area contributed by atoms with Crippen LogP contribution in [0.3, 0.4) is 0 Å². The third-order valence-electron chi connectivity index (χ3n) is 4.51. The van der Waals surface area contributed by atoms with E-state index in [0.717, 1.165) is 26.2 Å². The van der Waals surface area contributed by atoms with Crippen LogP contribution in [-0.4, -0.2) is 16.6 Å². The molecule has 0 aliphatic heterocycles. The number of hydrogen-bond donors (Lipinski definition) is 0. The fourth-order valence-electron chi connectivity index (χ4n) is 2.97. The van der Waals surface area contributed by atoms with Gasteiger partial charge in [-0.05, 0) is 36.2 Å². The highest BCUT2D eigenvalue weighted by atomic mass is 35.5. The number of aryl methyl sites for hydroxylation is 1. The molecule has 0 bridgehead atoms. The van der Waals surface area contributed by atoms with Crippen LogP contribution in [-0.2, 0) is 11.3 Å². The van der Waals surface area contributed by atoms with Crippen molar-refractivity contribution < 1.29 is 4.79 Å². The van der Waals surface area contributed by atoms with Crippen LogP contribution in [0.15, 0.2) is 77.7 Å². The maximum Gasteiger partial charge on any atom is 0.239 e. The molecule has 1 aromatic heterocycles. The molecule has 146 valence electrons. The molecule has 3 nitrogen and oxygen atoms in total. The highest BCUT2D eigenvalue weighted by Crippen LogP contribution is 2.36. The summed E-state index contributed by atoms with van der Waals surface area (Å²) in [6.07, 6.45) is 0. The number of carbonyl (C=O) groups is 1. The van der Waals surface area contributed by atoms with Gasteiger partial charge in [0.15, 0.2) is 5.13 Å². The van der Waals surface area contributed by atoms with Crippen LogP contribution in [0, 0.1) is 6.92 Å². The van der Waals surface area contributed by atoms with Crippen LogP contribution >= 0.6 is 34.7 Å². The molecule has 0 N–H and O–H groups in total. The van der Waals surface area contributed by atoms with Crippen molar-refractivity contribution in [3.8, 4) is 0 Å². The molecular formula is C23H19ClN2OS2. The second-order valence-electron chi connectivity index (χ2n) is 6.61. The van der Waals surface area contributed by atoms with E-state index in [1.165, 1.54) is 23.1 Å². The van der Waals surface area contributed by atoms with Crippen molar-refractivity contribution in [1.29, 1.82) is 0 Å². The molecule has 0 atom stereocenters. The van der Waals surface area contributed by atoms with Crippen LogP contribution in [0.25, 0.3) is 10.2 Å². The van der Waals surface area contributed by atoms with Gasteiger partial charge in [0.2, 0.25) is 5.91 Å². The first-order valence-corrected chi connectivity index (χ1v) is 11.4. The summed E-state index contributed by atoms with van der Waals surface area (Å²) in [5, 5.41) is 1.35. The SMILES string of the molecule is Cc1ccc(Cl)c2sc(N(Cc3ccccc3)C(=O)CSc3ccccc3)nc12. The van der Waals surface area contributed by atoms with Crippen molar-refractivity contribution in [2.45, 2.75) is 18.4 Å². The Hall–Kier alpha value is -2.34. The summed E-state index contributed by atoms with van der Waals surface area (Å²) in [4.78, 5) is 20.8. The Morgan fingerprint density at radius 1 is 1.03 bits per heavy atom. The van der Waals surface area contributed by atoms with Gasteiger partial charge in [0.05, 0.1) is 27.5 Å².